The van der Waals surface area contributed by atoms with Crippen LogP contribution in [0.4, 0.5) is 5.69 Å². The van der Waals surface area contributed by atoms with Gasteiger partial charge in [-0.25, -0.2) is 13.1 Å². The number of aliphatic hydroxyl groups is 2. The van der Waals surface area contributed by atoms with E-state index in [0.717, 1.165) is 6.07 Å². The number of sulfonamides is 1. The standard InChI is InChI=1S/C10H14N2O6S/c1-7-2-3-9(12(15)16)4-10(7)19(17,18)11-8(5-13)6-14/h2-4,8,11,13-14H,5-6H2,1H3. The minimum atomic E-state index is -4.04. The second-order valence-electron chi connectivity index (χ2n) is 3.89. The van der Waals surface area contributed by atoms with Crippen molar-refractivity contribution in [3.63, 3.8) is 0 Å². The fourth-order valence-corrected chi connectivity index (χ4v) is 2.89. The first kappa shape index (κ1) is 15.5. The number of nitro benzene ring substituents is 1. The second kappa shape index (κ2) is 6.06. The van der Waals surface area contributed by atoms with Gasteiger partial charge in [0.05, 0.1) is 29.1 Å². The maximum atomic E-state index is 12.0. The number of nitrogens with zero attached hydrogens (tertiary/aromatic N) is 1. The van der Waals surface area contributed by atoms with Gasteiger partial charge in [-0.05, 0) is 12.5 Å². The third kappa shape index (κ3) is 3.70. The normalized spacial score (nSPS) is 11.8. The fraction of sp³-hybridized carbons (Fsp3) is 0.400. The number of rotatable bonds is 6. The third-order valence-corrected chi connectivity index (χ3v) is 4.10. The number of nitrogens with one attached hydrogen (secondary N) is 1. The van der Waals surface area contributed by atoms with Crippen LogP contribution in [-0.4, -0.2) is 42.8 Å². The van der Waals surface area contributed by atoms with Crippen LogP contribution in [0.3, 0.4) is 0 Å². The average molecular weight is 290 g/mol. The van der Waals surface area contributed by atoms with E-state index in [1.54, 1.807) is 0 Å². The first-order valence-corrected chi connectivity index (χ1v) is 6.79. The molecule has 0 aromatic heterocycles. The van der Waals surface area contributed by atoms with Gasteiger partial charge in [0.2, 0.25) is 10.0 Å². The Morgan fingerprint density at radius 1 is 1.37 bits per heavy atom. The Balaban J connectivity index is 3.20. The molecular formula is C10H14N2O6S. The summed E-state index contributed by atoms with van der Waals surface area (Å²) in [5, 5.41) is 28.3. The lowest BCUT2D eigenvalue weighted by molar-refractivity contribution is -0.385. The number of aliphatic hydroxyl groups excluding tert-OH is 2. The van der Waals surface area contributed by atoms with E-state index in [0.29, 0.717) is 5.56 Å². The molecular weight excluding hydrogens is 276 g/mol. The highest BCUT2D eigenvalue weighted by Gasteiger charge is 2.23. The van der Waals surface area contributed by atoms with Crippen molar-refractivity contribution in [3.05, 3.63) is 33.9 Å². The summed E-state index contributed by atoms with van der Waals surface area (Å²) in [7, 11) is -4.04. The van der Waals surface area contributed by atoms with Crippen molar-refractivity contribution in [2.45, 2.75) is 17.9 Å². The van der Waals surface area contributed by atoms with Gasteiger partial charge in [0.15, 0.2) is 0 Å². The van der Waals surface area contributed by atoms with Crippen LogP contribution in [0, 0.1) is 17.0 Å². The average Bonchev–Trinajstić information content (AvgIpc) is 2.35. The molecule has 0 amide bonds. The molecule has 0 fully saturated rings. The van der Waals surface area contributed by atoms with Gasteiger partial charge < -0.3 is 10.2 Å². The van der Waals surface area contributed by atoms with Crippen LogP contribution >= 0.6 is 0 Å². The predicted octanol–water partition coefficient (Wildman–Crippen LogP) is -0.465. The number of benzene rings is 1. The highest BCUT2D eigenvalue weighted by molar-refractivity contribution is 7.89. The molecule has 1 rings (SSSR count). The molecule has 0 heterocycles. The Bertz CT molecular complexity index is 567. The van der Waals surface area contributed by atoms with Gasteiger partial charge in [-0.3, -0.25) is 10.1 Å². The van der Waals surface area contributed by atoms with Crippen LogP contribution in [0.25, 0.3) is 0 Å². The molecule has 3 N–H and O–H groups in total. The van der Waals surface area contributed by atoms with Crippen molar-refractivity contribution in [1.29, 1.82) is 0 Å². The Morgan fingerprint density at radius 3 is 2.42 bits per heavy atom. The van der Waals surface area contributed by atoms with Gasteiger partial charge in [-0.2, -0.15) is 0 Å². The smallest absolute Gasteiger partial charge is 0.270 e. The third-order valence-electron chi connectivity index (χ3n) is 2.43. The minimum Gasteiger partial charge on any atom is -0.395 e. The number of aryl methyl sites for hydroxylation is 1. The molecule has 9 heteroatoms. The molecule has 0 aliphatic heterocycles. The van der Waals surface area contributed by atoms with Crippen molar-refractivity contribution in [2.75, 3.05) is 13.2 Å². The SMILES string of the molecule is Cc1ccc([N+](=O)[O-])cc1S(=O)(=O)NC(CO)CO. The van der Waals surface area contributed by atoms with E-state index in [9.17, 15) is 18.5 Å². The topological polar surface area (TPSA) is 130 Å². The van der Waals surface area contributed by atoms with Crippen LogP contribution < -0.4 is 4.72 Å². The van der Waals surface area contributed by atoms with Crippen molar-refractivity contribution in [1.82, 2.24) is 4.72 Å². The van der Waals surface area contributed by atoms with Crippen molar-refractivity contribution in [3.8, 4) is 0 Å². The molecule has 0 atom stereocenters. The number of hydrogen-bond donors (Lipinski definition) is 3. The maximum Gasteiger partial charge on any atom is 0.270 e. The van der Waals surface area contributed by atoms with Gasteiger partial charge >= 0.3 is 0 Å². The minimum absolute atomic E-state index is 0.256. The summed E-state index contributed by atoms with van der Waals surface area (Å²) in [4.78, 5) is 9.68. The highest BCUT2D eigenvalue weighted by Crippen LogP contribution is 2.21. The lowest BCUT2D eigenvalue weighted by Gasteiger charge is -2.14. The van der Waals surface area contributed by atoms with Gasteiger partial charge in [-0.1, -0.05) is 6.07 Å². The summed E-state index contributed by atoms with van der Waals surface area (Å²) in [6.07, 6.45) is 0. The summed E-state index contributed by atoms with van der Waals surface area (Å²) in [5.41, 5.74) is -0.0248. The van der Waals surface area contributed by atoms with E-state index in [4.69, 9.17) is 10.2 Å². The first-order chi connectivity index (χ1) is 8.81. The Labute approximate surface area is 109 Å². The van der Waals surface area contributed by atoms with Crippen molar-refractivity contribution < 1.29 is 23.6 Å². The molecule has 19 heavy (non-hydrogen) atoms. The second-order valence-corrected chi connectivity index (χ2v) is 5.57. The zero-order valence-electron chi connectivity index (χ0n) is 10.1. The maximum absolute atomic E-state index is 12.0. The summed E-state index contributed by atoms with van der Waals surface area (Å²) in [6, 6.07) is 2.40. The lowest BCUT2D eigenvalue weighted by Crippen LogP contribution is -2.40. The predicted molar refractivity (Wildman–Crippen MR) is 66.1 cm³/mol. The largest absolute Gasteiger partial charge is 0.395 e. The van der Waals surface area contributed by atoms with Gasteiger partial charge in [0.1, 0.15) is 0 Å². The fourth-order valence-electron chi connectivity index (χ4n) is 1.41. The molecule has 8 nitrogen and oxygen atoms in total. The molecule has 0 radical (unpaired) electrons. The summed E-state index contributed by atoms with van der Waals surface area (Å²) in [6.45, 7) is 0.332. The molecule has 0 spiro atoms. The first-order valence-electron chi connectivity index (χ1n) is 5.31. The summed E-state index contributed by atoms with van der Waals surface area (Å²) < 4.78 is 26.1. The monoisotopic (exact) mass is 290 g/mol. The van der Waals surface area contributed by atoms with Crippen LogP contribution in [-0.2, 0) is 10.0 Å². The van der Waals surface area contributed by atoms with Crippen LogP contribution in [0.5, 0.6) is 0 Å². The van der Waals surface area contributed by atoms with E-state index in [2.05, 4.69) is 4.72 Å². The van der Waals surface area contributed by atoms with Gasteiger partial charge in [-0.15, -0.1) is 0 Å². The van der Waals surface area contributed by atoms with E-state index in [1.807, 2.05) is 0 Å². The summed E-state index contributed by atoms with van der Waals surface area (Å²) >= 11 is 0. The number of non-ortho nitro benzene ring substituents is 1. The number of hydrogen-bond acceptors (Lipinski definition) is 6. The Kier molecular flexibility index (Phi) is 4.95. The molecule has 0 bridgehead atoms. The molecule has 0 saturated heterocycles. The van der Waals surface area contributed by atoms with E-state index >= 15 is 0 Å². The quantitative estimate of drug-likeness (QED) is 0.480. The highest BCUT2D eigenvalue weighted by atomic mass is 32.2. The Morgan fingerprint density at radius 2 is 1.95 bits per heavy atom. The van der Waals surface area contributed by atoms with Crippen LogP contribution in [0.15, 0.2) is 23.1 Å². The Hall–Kier alpha value is -1.55. The van der Waals surface area contributed by atoms with Crippen LogP contribution in [0.2, 0.25) is 0 Å². The zero-order chi connectivity index (χ0) is 14.6. The number of nitro groups is 1. The molecule has 106 valence electrons. The van der Waals surface area contributed by atoms with Gasteiger partial charge in [0.25, 0.3) is 5.69 Å². The van der Waals surface area contributed by atoms with Gasteiger partial charge in [0, 0.05) is 12.1 Å². The van der Waals surface area contributed by atoms with Crippen molar-refractivity contribution >= 4 is 15.7 Å². The molecule has 0 aliphatic rings. The van der Waals surface area contributed by atoms with E-state index < -0.39 is 34.2 Å². The lowest BCUT2D eigenvalue weighted by atomic mass is 10.2. The van der Waals surface area contributed by atoms with Crippen LogP contribution in [0.1, 0.15) is 5.56 Å². The van der Waals surface area contributed by atoms with E-state index in [-0.39, 0.29) is 10.6 Å². The molecule has 1 aromatic carbocycles. The summed E-state index contributed by atoms with van der Waals surface area (Å²) in [5.74, 6) is 0. The van der Waals surface area contributed by atoms with Crippen molar-refractivity contribution in [2.24, 2.45) is 0 Å². The molecule has 0 unspecified atom stereocenters. The van der Waals surface area contributed by atoms with E-state index in [1.165, 1.54) is 19.1 Å². The zero-order valence-corrected chi connectivity index (χ0v) is 10.9. The molecule has 0 aliphatic carbocycles. The molecule has 0 saturated carbocycles. The molecule has 1 aromatic rings.